The van der Waals surface area contributed by atoms with Crippen molar-refractivity contribution in [3.05, 3.63) is 58.1 Å². The van der Waals surface area contributed by atoms with Gasteiger partial charge in [-0.1, -0.05) is 41.4 Å². The molecule has 0 atom stereocenters. The molecule has 0 aliphatic carbocycles. The lowest BCUT2D eigenvalue weighted by molar-refractivity contribution is -0.118. The molecule has 6 heteroatoms. The summed E-state index contributed by atoms with van der Waals surface area (Å²) < 4.78 is 0. The van der Waals surface area contributed by atoms with Crippen molar-refractivity contribution in [2.75, 3.05) is 49.1 Å². The molecule has 0 saturated carbocycles. The molecule has 2 aromatic rings. The lowest BCUT2D eigenvalue weighted by Crippen LogP contribution is -2.47. The van der Waals surface area contributed by atoms with Gasteiger partial charge in [-0.05, 0) is 36.2 Å². The Labute approximate surface area is 170 Å². The number of anilines is 2. The Morgan fingerprint density at radius 1 is 0.926 bits per heavy atom. The molecule has 2 heterocycles. The summed E-state index contributed by atoms with van der Waals surface area (Å²) in [5.74, 6) is 0.229. The van der Waals surface area contributed by atoms with E-state index in [2.05, 4.69) is 21.9 Å². The van der Waals surface area contributed by atoms with Crippen molar-refractivity contribution in [2.45, 2.75) is 12.8 Å². The van der Waals surface area contributed by atoms with Crippen LogP contribution in [0.2, 0.25) is 10.0 Å². The van der Waals surface area contributed by atoms with Crippen molar-refractivity contribution >= 4 is 40.5 Å². The fraction of sp³-hybridized carbons (Fsp3) is 0.381. The van der Waals surface area contributed by atoms with Gasteiger partial charge in [-0.2, -0.15) is 0 Å². The first-order chi connectivity index (χ1) is 13.1. The van der Waals surface area contributed by atoms with Crippen LogP contribution in [0, 0.1) is 0 Å². The summed E-state index contributed by atoms with van der Waals surface area (Å²) in [5, 5.41) is 1.18. The highest BCUT2D eigenvalue weighted by Crippen LogP contribution is 2.29. The minimum atomic E-state index is 0.229. The van der Waals surface area contributed by atoms with Gasteiger partial charge in [-0.25, -0.2) is 0 Å². The van der Waals surface area contributed by atoms with E-state index in [1.54, 1.807) is 0 Å². The highest BCUT2D eigenvalue weighted by Gasteiger charge is 2.25. The number of nitrogens with zero attached hydrogens (tertiary/aromatic N) is 3. The molecule has 4 nitrogen and oxygen atoms in total. The van der Waals surface area contributed by atoms with Gasteiger partial charge in [-0.15, -0.1) is 0 Å². The largest absolute Gasteiger partial charge is 0.369 e. The van der Waals surface area contributed by atoms with E-state index in [1.165, 1.54) is 5.56 Å². The molecule has 1 saturated heterocycles. The van der Waals surface area contributed by atoms with Crippen LogP contribution < -0.4 is 9.80 Å². The molecule has 0 bridgehead atoms. The maximum absolute atomic E-state index is 12.7. The van der Waals surface area contributed by atoms with Gasteiger partial charge in [0.25, 0.3) is 0 Å². The number of benzene rings is 2. The number of carbonyl (C=O) groups excluding carboxylic acids is 1. The van der Waals surface area contributed by atoms with E-state index in [0.717, 1.165) is 57.1 Å². The SMILES string of the molecule is O=C(CCN1CCN(c2ccc(Cl)c(Cl)c2)CC1)N1CCc2ccccc21. The van der Waals surface area contributed by atoms with Crippen LogP contribution >= 0.6 is 23.2 Å². The zero-order valence-electron chi connectivity index (χ0n) is 15.2. The predicted molar refractivity (Wildman–Crippen MR) is 112 cm³/mol. The Kier molecular flexibility index (Phi) is 5.58. The first-order valence-electron chi connectivity index (χ1n) is 9.42. The standard InChI is InChI=1S/C21H23Cl2N3O/c22-18-6-5-17(15-19(18)23)25-13-11-24(12-14-25)9-8-21(27)26-10-7-16-3-1-2-4-20(16)26/h1-6,15H,7-14H2. The summed E-state index contributed by atoms with van der Waals surface area (Å²) >= 11 is 12.1. The first-order valence-corrected chi connectivity index (χ1v) is 10.2. The van der Waals surface area contributed by atoms with Gasteiger partial charge in [0.05, 0.1) is 10.0 Å². The maximum atomic E-state index is 12.7. The van der Waals surface area contributed by atoms with Gasteiger partial charge in [0, 0.05) is 57.1 Å². The van der Waals surface area contributed by atoms with Crippen molar-refractivity contribution in [3.8, 4) is 0 Å². The third kappa shape index (κ3) is 4.08. The molecular weight excluding hydrogens is 381 g/mol. The molecule has 0 aromatic heterocycles. The summed E-state index contributed by atoms with van der Waals surface area (Å²) in [6.07, 6.45) is 1.53. The molecule has 2 aliphatic heterocycles. The Bertz CT molecular complexity index is 834. The van der Waals surface area contributed by atoms with Crippen molar-refractivity contribution in [1.82, 2.24) is 4.90 Å². The first kappa shape index (κ1) is 18.6. The molecule has 0 radical (unpaired) electrons. The van der Waals surface area contributed by atoms with E-state index in [0.29, 0.717) is 16.5 Å². The molecule has 2 aromatic carbocycles. The number of carbonyl (C=O) groups is 1. The average Bonchev–Trinajstić information content (AvgIpc) is 3.13. The second kappa shape index (κ2) is 8.09. The third-order valence-corrected chi connectivity index (χ3v) is 6.21. The third-order valence-electron chi connectivity index (χ3n) is 5.47. The average molecular weight is 404 g/mol. The van der Waals surface area contributed by atoms with Gasteiger partial charge in [-0.3, -0.25) is 9.69 Å². The van der Waals surface area contributed by atoms with Crippen LogP contribution in [0.5, 0.6) is 0 Å². The summed E-state index contributed by atoms with van der Waals surface area (Å²) in [6, 6.07) is 14.0. The molecule has 1 amide bonds. The monoisotopic (exact) mass is 403 g/mol. The Balaban J connectivity index is 1.27. The maximum Gasteiger partial charge on any atom is 0.228 e. The van der Waals surface area contributed by atoms with Crippen molar-refractivity contribution in [2.24, 2.45) is 0 Å². The Hall–Kier alpha value is -1.75. The van der Waals surface area contributed by atoms with E-state index in [4.69, 9.17) is 23.2 Å². The highest BCUT2D eigenvalue weighted by molar-refractivity contribution is 6.42. The fourth-order valence-electron chi connectivity index (χ4n) is 3.90. The molecule has 0 spiro atoms. The minimum Gasteiger partial charge on any atom is -0.369 e. The number of para-hydroxylation sites is 1. The second-order valence-corrected chi connectivity index (χ2v) is 7.92. The van der Waals surface area contributed by atoms with E-state index < -0.39 is 0 Å². The molecule has 27 heavy (non-hydrogen) atoms. The van der Waals surface area contributed by atoms with Crippen LogP contribution in [-0.2, 0) is 11.2 Å². The second-order valence-electron chi connectivity index (χ2n) is 7.10. The molecule has 0 unspecified atom stereocenters. The zero-order chi connectivity index (χ0) is 18.8. The Morgan fingerprint density at radius 3 is 2.48 bits per heavy atom. The summed E-state index contributed by atoms with van der Waals surface area (Å²) in [5.41, 5.74) is 3.47. The zero-order valence-corrected chi connectivity index (χ0v) is 16.7. The van der Waals surface area contributed by atoms with Crippen LogP contribution in [0.4, 0.5) is 11.4 Å². The van der Waals surface area contributed by atoms with E-state index in [9.17, 15) is 4.79 Å². The fourth-order valence-corrected chi connectivity index (χ4v) is 4.19. The molecule has 2 aliphatic rings. The minimum absolute atomic E-state index is 0.229. The van der Waals surface area contributed by atoms with Crippen LogP contribution in [0.1, 0.15) is 12.0 Å². The van der Waals surface area contributed by atoms with Crippen molar-refractivity contribution in [1.29, 1.82) is 0 Å². The van der Waals surface area contributed by atoms with Crippen LogP contribution in [-0.4, -0.2) is 50.1 Å². The van der Waals surface area contributed by atoms with Gasteiger partial charge >= 0.3 is 0 Å². The number of fused-ring (bicyclic) bond motifs is 1. The van der Waals surface area contributed by atoms with Crippen LogP contribution in [0.15, 0.2) is 42.5 Å². The normalized spacial score (nSPS) is 17.3. The molecule has 0 N–H and O–H groups in total. The summed E-state index contributed by atoms with van der Waals surface area (Å²) in [7, 11) is 0. The van der Waals surface area contributed by atoms with Gasteiger partial charge in [0.1, 0.15) is 0 Å². The lowest BCUT2D eigenvalue weighted by atomic mass is 10.2. The number of piperazine rings is 1. The Morgan fingerprint density at radius 2 is 1.70 bits per heavy atom. The highest BCUT2D eigenvalue weighted by atomic mass is 35.5. The number of halogens is 2. The van der Waals surface area contributed by atoms with E-state index in [1.807, 2.05) is 35.2 Å². The number of rotatable bonds is 4. The van der Waals surface area contributed by atoms with Gasteiger partial charge in [0.15, 0.2) is 0 Å². The summed E-state index contributed by atoms with van der Waals surface area (Å²) in [4.78, 5) is 19.3. The topological polar surface area (TPSA) is 26.8 Å². The number of hydrogen-bond donors (Lipinski definition) is 0. The van der Waals surface area contributed by atoms with Crippen LogP contribution in [0.3, 0.4) is 0 Å². The van der Waals surface area contributed by atoms with E-state index >= 15 is 0 Å². The molecule has 1 fully saturated rings. The molecule has 4 rings (SSSR count). The van der Waals surface area contributed by atoms with Crippen LogP contribution in [0.25, 0.3) is 0 Å². The van der Waals surface area contributed by atoms with E-state index in [-0.39, 0.29) is 5.91 Å². The van der Waals surface area contributed by atoms with Gasteiger partial charge in [0.2, 0.25) is 5.91 Å². The lowest BCUT2D eigenvalue weighted by Gasteiger charge is -2.36. The smallest absolute Gasteiger partial charge is 0.228 e. The van der Waals surface area contributed by atoms with Gasteiger partial charge < -0.3 is 9.80 Å². The quantitative estimate of drug-likeness (QED) is 0.768. The summed E-state index contributed by atoms with van der Waals surface area (Å²) in [6.45, 7) is 5.38. The number of hydrogen-bond acceptors (Lipinski definition) is 3. The molecular formula is C21H23Cl2N3O. The molecule has 142 valence electrons. The van der Waals surface area contributed by atoms with Crippen molar-refractivity contribution < 1.29 is 4.79 Å². The number of amides is 1. The predicted octanol–water partition coefficient (Wildman–Crippen LogP) is 4.09. The van der Waals surface area contributed by atoms with Crippen molar-refractivity contribution in [3.63, 3.8) is 0 Å².